The van der Waals surface area contributed by atoms with Crippen LogP contribution in [0.15, 0.2) is 12.3 Å². The van der Waals surface area contributed by atoms with Crippen LogP contribution in [0.5, 0.6) is 5.88 Å². The van der Waals surface area contributed by atoms with Gasteiger partial charge in [-0.1, -0.05) is 0 Å². The summed E-state index contributed by atoms with van der Waals surface area (Å²) >= 11 is 5.98. The van der Waals surface area contributed by atoms with Gasteiger partial charge in [-0.3, -0.25) is 0 Å². The zero-order valence-electron chi connectivity index (χ0n) is 10.3. The standard InChI is InChI=1S/C11H18ClN3O2/c1-8(2)17-10-4-5-13-11(15-10)14-6-9(12)7-16-3/h4-5,8-9H,6-7H2,1-3H3,(H,13,14,15). The Morgan fingerprint density at radius 1 is 1.47 bits per heavy atom. The van der Waals surface area contributed by atoms with E-state index in [1.165, 1.54) is 0 Å². The summed E-state index contributed by atoms with van der Waals surface area (Å²) in [5.74, 6) is 1.06. The number of nitrogens with zero attached hydrogens (tertiary/aromatic N) is 2. The minimum atomic E-state index is -0.113. The Morgan fingerprint density at radius 2 is 2.24 bits per heavy atom. The summed E-state index contributed by atoms with van der Waals surface area (Å²) in [6.07, 6.45) is 1.74. The second kappa shape index (κ2) is 7.29. The first-order valence-electron chi connectivity index (χ1n) is 5.48. The molecule has 1 atom stereocenters. The van der Waals surface area contributed by atoms with E-state index in [4.69, 9.17) is 21.1 Å². The fourth-order valence-corrected chi connectivity index (χ4v) is 1.38. The third-order valence-corrected chi connectivity index (χ3v) is 2.10. The molecule has 0 aliphatic rings. The molecule has 0 aliphatic carbocycles. The average Bonchev–Trinajstić information content (AvgIpc) is 2.26. The summed E-state index contributed by atoms with van der Waals surface area (Å²) in [5, 5.41) is 2.92. The Bertz CT molecular complexity index is 336. The normalized spacial score (nSPS) is 12.5. The molecule has 1 rings (SSSR count). The third-order valence-electron chi connectivity index (χ3n) is 1.82. The largest absolute Gasteiger partial charge is 0.475 e. The maximum Gasteiger partial charge on any atom is 0.225 e. The SMILES string of the molecule is COCC(Cl)CNc1nccc(OC(C)C)n1. The van der Waals surface area contributed by atoms with E-state index < -0.39 is 0 Å². The van der Waals surface area contributed by atoms with Crippen LogP contribution < -0.4 is 10.1 Å². The second-order valence-corrected chi connectivity index (χ2v) is 4.44. The molecule has 0 saturated heterocycles. The highest BCUT2D eigenvalue weighted by Gasteiger charge is 2.06. The van der Waals surface area contributed by atoms with Crippen molar-refractivity contribution >= 4 is 17.5 Å². The molecular weight excluding hydrogens is 242 g/mol. The van der Waals surface area contributed by atoms with Crippen LogP contribution >= 0.6 is 11.6 Å². The van der Waals surface area contributed by atoms with Crippen LogP contribution in [0.25, 0.3) is 0 Å². The predicted octanol–water partition coefficient (Wildman–Crippen LogP) is 1.93. The van der Waals surface area contributed by atoms with Crippen molar-refractivity contribution in [1.82, 2.24) is 9.97 Å². The highest BCUT2D eigenvalue weighted by atomic mass is 35.5. The van der Waals surface area contributed by atoms with E-state index in [-0.39, 0.29) is 11.5 Å². The molecule has 1 N–H and O–H groups in total. The third kappa shape index (κ3) is 5.70. The maximum absolute atomic E-state index is 5.98. The molecule has 1 aromatic heterocycles. The van der Waals surface area contributed by atoms with Gasteiger partial charge in [0.15, 0.2) is 0 Å². The topological polar surface area (TPSA) is 56.3 Å². The Morgan fingerprint density at radius 3 is 2.88 bits per heavy atom. The average molecular weight is 260 g/mol. The van der Waals surface area contributed by atoms with Crippen molar-refractivity contribution < 1.29 is 9.47 Å². The Balaban J connectivity index is 2.48. The van der Waals surface area contributed by atoms with Gasteiger partial charge in [-0.05, 0) is 13.8 Å². The van der Waals surface area contributed by atoms with Crippen molar-refractivity contribution in [3.8, 4) is 5.88 Å². The molecule has 1 unspecified atom stereocenters. The second-order valence-electron chi connectivity index (χ2n) is 3.82. The predicted molar refractivity (Wildman–Crippen MR) is 67.8 cm³/mol. The molecule has 96 valence electrons. The van der Waals surface area contributed by atoms with Gasteiger partial charge in [0.2, 0.25) is 11.8 Å². The van der Waals surface area contributed by atoms with E-state index in [1.807, 2.05) is 13.8 Å². The van der Waals surface area contributed by atoms with E-state index in [1.54, 1.807) is 19.4 Å². The number of hydrogen-bond acceptors (Lipinski definition) is 5. The lowest BCUT2D eigenvalue weighted by Gasteiger charge is -2.11. The quantitative estimate of drug-likeness (QED) is 0.759. The van der Waals surface area contributed by atoms with Gasteiger partial charge in [0.05, 0.1) is 18.1 Å². The zero-order chi connectivity index (χ0) is 12.7. The molecule has 5 nitrogen and oxygen atoms in total. The molecule has 1 heterocycles. The van der Waals surface area contributed by atoms with E-state index in [0.29, 0.717) is 25.0 Å². The molecular formula is C11H18ClN3O2. The lowest BCUT2D eigenvalue weighted by atomic mass is 10.4. The molecule has 0 aliphatic heterocycles. The smallest absolute Gasteiger partial charge is 0.225 e. The summed E-state index contributed by atoms with van der Waals surface area (Å²) in [6, 6.07) is 1.72. The number of methoxy groups -OCH3 is 1. The van der Waals surface area contributed by atoms with Crippen molar-refractivity contribution in [2.45, 2.75) is 25.3 Å². The van der Waals surface area contributed by atoms with Gasteiger partial charge in [-0.25, -0.2) is 4.98 Å². The van der Waals surface area contributed by atoms with E-state index in [0.717, 1.165) is 0 Å². The fraction of sp³-hybridized carbons (Fsp3) is 0.636. The molecule has 0 fully saturated rings. The molecule has 0 saturated carbocycles. The summed E-state index contributed by atoms with van der Waals surface area (Å²) in [7, 11) is 1.61. The minimum absolute atomic E-state index is 0.0898. The van der Waals surface area contributed by atoms with E-state index in [9.17, 15) is 0 Å². The number of aromatic nitrogens is 2. The molecule has 0 spiro atoms. The van der Waals surface area contributed by atoms with E-state index >= 15 is 0 Å². The van der Waals surface area contributed by atoms with Gasteiger partial charge in [0.1, 0.15) is 0 Å². The van der Waals surface area contributed by atoms with Crippen LogP contribution in [0.1, 0.15) is 13.8 Å². The van der Waals surface area contributed by atoms with Gasteiger partial charge in [-0.2, -0.15) is 4.98 Å². The molecule has 0 amide bonds. The van der Waals surface area contributed by atoms with Crippen molar-refractivity contribution in [2.75, 3.05) is 25.6 Å². The summed E-state index contributed by atoms with van der Waals surface area (Å²) in [5.41, 5.74) is 0. The molecule has 6 heteroatoms. The Kier molecular flexibility index (Phi) is 6.00. The first kappa shape index (κ1) is 14.0. The van der Waals surface area contributed by atoms with Gasteiger partial charge < -0.3 is 14.8 Å². The Hall–Kier alpha value is -1.07. The van der Waals surface area contributed by atoms with Gasteiger partial charge in [0.25, 0.3) is 0 Å². The number of halogens is 1. The fourth-order valence-electron chi connectivity index (χ4n) is 1.18. The van der Waals surface area contributed by atoms with Crippen LogP contribution in [-0.4, -0.2) is 41.7 Å². The van der Waals surface area contributed by atoms with Crippen molar-refractivity contribution in [2.24, 2.45) is 0 Å². The number of nitrogens with one attached hydrogen (secondary N) is 1. The van der Waals surface area contributed by atoms with Crippen molar-refractivity contribution in [3.63, 3.8) is 0 Å². The number of hydrogen-bond donors (Lipinski definition) is 1. The number of ether oxygens (including phenoxy) is 2. The van der Waals surface area contributed by atoms with Crippen LogP contribution in [-0.2, 0) is 4.74 Å². The van der Waals surface area contributed by atoms with Crippen LogP contribution in [0, 0.1) is 0 Å². The highest BCUT2D eigenvalue weighted by molar-refractivity contribution is 6.21. The highest BCUT2D eigenvalue weighted by Crippen LogP contribution is 2.10. The van der Waals surface area contributed by atoms with Crippen LogP contribution in [0.2, 0.25) is 0 Å². The van der Waals surface area contributed by atoms with Crippen LogP contribution in [0.3, 0.4) is 0 Å². The number of anilines is 1. The molecule has 17 heavy (non-hydrogen) atoms. The summed E-state index contributed by atoms with van der Waals surface area (Å²) in [4.78, 5) is 8.28. The first-order valence-corrected chi connectivity index (χ1v) is 5.92. The summed E-state index contributed by atoms with van der Waals surface area (Å²) < 4.78 is 10.4. The van der Waals surface area contributed by atoms with Gasteiger partial charge in [-0.15, -0.1) is 11.6 Å². The van der Waals surface area contributed by atoms with Gasteiger partial charge in [0, 0.05) is 25.9 Å². The van der Waals surface area contributed by atoms with Crippen LogP contribution in [0.4, 0.5) is 5.95 Å². The van der Waals surface area contributed by atoms with Crippen molar-refractivity contribution in [1.29, 1.82) is 0 Å². The maximum atomic E-state index is 5.98. The lowest BCUT2D eigenvalue weighted by molar-refractivity contribution is 0.200. The molecule has 0 aromatic carbocycles. The molecule has 0 bridgehead atoms. The summed E-state index contributed by atoms with van der Waals surface area (Å²) in [6.45, 7) is 4.92. The van der Waals surface area contributed by atoms with Gasteiger partial charge >= 0.3 is 0 Å². The monoisotopic (exact) mass is 259 g/mol. The minimum Gasteiger partial charge on any atom is -0.475 e. The van der Waals surface area contributed by atoms with Crippen molar-refractivity contribution in [3.05, 3.63) is 12.3 Å². The Labute approximate surface area is 107 Å². The molecule has 0 radical (unpaired) electrons. The first-order chi connectivity index (χ1) is 8.11. The number of alkyl halides is 1. The zero-order valence-corrected chi connectivity index (χ0v) is 11.1. The van der Waals surface area contributed by atoms with E-state index in [2.05, 4.69) is 15.3 Å². The molecule has 1 aromatic rings. The number of rotatable bonds is 7. The lowest BCUT2D eigenvalue weighted by Crippen LogP contribution is -2.20.